The first-order valence-corrected chi connectivity index (χ1v) is 5.28. The summed E-state index contributed by atoms with van der Waals surface area (Å²) in [4.78, 5) is 15.7. The molecule has 0 radical (unpaired) electrons. The Hall–Kier alpha value is -1.01. The summed E-state index contributed by atoms with van der Waals surface area (Å²) in [6.07, 6.45) is 2.55. The third-order valence-corrected chi connectivity index (χ3v) is 3.17. The smallest absolute Gasteiger partial charge is 0.246 e. The average Bonchev–Trinajstić information content (AvgIpc) is 2.47. The zero-order chi connectivity index (χ0) is 10.2. The van der Waals surface area contributed by atoms with E-state index in [1.165, 1.54) is 11.5 Å². The highest BCUT2D eigenvalue weighted by Crippen LogP contribution is 2.30. The van der Waals surface area contributed by atoms with E-state index in [4.69, 9.17) is 5.73 Å². The minimum absolute atomic E-state index is 0.139. The van der Waals surface area contributed by atoms with Gasteiger partial charge in [-0.25, -0.2) is 4.98 Å². The van der Waals surface area contributed by atoms with Crippen molar-refractivity contribution in [3.05, 3.63) is 5.82 Å². The third kappa shape index (κ3) is 1.62. The molecule has 0 atom stereocenters. The summed E-state index contributed by atoms with van der Waals surface area (Å²) in [5, 5.41) is 3.22. The third-order valence-electron chi connectivity index (χ3n) is 2.45. The van der Waals surface area contributed by atoms with Crippen molar-refractivity contribution in [2.45, 2.75) is 31.7 Å². The number of carbonyl (C=O) groups is 1. The Morgan fingerprint density at radius 1 is 1.64 bits per heavy atom. The fourth-order valence-electron chi connectivity index (χ4n) is 1.35. The minimum Gasteiger partial charge on any atom is -0.317 e. The van der Waals surface area contributed by atoms with Crippen LogP contribution < -0.4 is 11.1 Å². The van der Waals surface area contributed by atoms with Gasteiger partial charge in [0.25, 0.3) is 0 Å². The van der Waals surface area contributed by atoms with Crippen LogP contribution in [0.1, 0.15) is 25.1 Å². The van der Waals surface area contributed by atoms with Crippen LogP contribution in [-0.2, 0) is 4.79 Å². The topological polar surface area (TPSA) is 80.9 Å². The summed E-state index contributed by atoms with van der Waals surface area (Å²) in [6.45, 7) is 1.79. The maximum atomic E-state index is 11.6. The Morgan fingerprint density at radius 2 is 2.36 bits per heavy atom. The molecule has 5 nitrogen and oxygen atoms in total. The molecule has 0 saturated heterocycles. The van der Waals surface area contributed by atoms with E-state index in [0.717, 1.165) is 19.3 Å². The van der Waals surface area contributed by atoms with Crippen molar-refractivity contribution in [2.75, 3.05) is 5.32 Å². The number of aryl methyl sites for hydroxylation is 1. The van der Waals surface area contributed by atoms with Crippen LogP contribution in [0, 0.1) is 6.92 Å². The van der Waals surface area contributed by atoms with Gasteiger partial charge in [-0.2, -0.15) is 4.37 Å². The molecular weight excluding hydrogens is 200 g/mol. The van der Waals surface area contributed by atoms with Crippen molar-refractivity contribution in [1.29, 1.82) is 0 Å². The molecule has 0 aliphatic heterocycles. The Kier molecular flexibility index (Phi) is 2.24. The van der Waals surface area contributed by atoms with Crippen LogP contribution in [0.2, 0.25) is 0 Å². The van der Waals surface area contributed by atoms with Crippen molar-refractivity contribution < 1.29 is 4.79 Å². The first-order chi connectivity index (χ1) is 6.60. The Balaban J connectivity index is 2.01. The molecule has 2 rings (SSSR count). The van der Waals surface area contributed by atoms with E-state index in [9.17, 15) is 4.79 Å². The number of carbonyl (C=O) groups excluding carboxylic acids is 1. The van der Waals surface area contributed by atoms with Crippen LogP contribution in [0.25, 0.3) is 0 Å². The van der Waals surface area contributed by atoms with Gasteiger partial charge in [-0.15, -0.1) is 0 Å². The Bertz CT molecular complexity index is 358. The number of rotatable bonds is 2. The molecule has 1 amide bonds. The molecular formula is C8H12N4OS. The van der Waals surface area contributed by atoms with Crippen LogP contribution >= 0.6 is 11.5 Å². The van der Waals surface area contributed by atoms with E-state index in [0.29, 0.717) is 11.0 Å². The second kappa shape index (κ2) is 3.29. The van der Waals surface area contributed by atoms with Crippen molar-refractivity contribution in [1.82, 2.24) is 9.36 Å². The first kappa shape index (κ1) is 9.54. The molecule has 6 heteroatoms. The highest BCUT2D eigenvalue weighted by molar-refractivity contribution is 7.09. The second-order valence-corrected chi connectivity index (χ2v) is 4.36. The zero-order valence-electron chi connectivity index (χ0n) is 7.91. The number of hydrogen-bond donors (Lipinski definition) is 2. The Morgan fingerprint density at radius 3 is 2.79 bits per heavy atom. The molecule has 1 heterocycles. The van der Waals surface area contributed by atoms with Crippen molar-refractivity contribution in [3.8, 4) is 0 Å². The molecule has 1 aromatic heterocycles. The number of amides is 1. The zero-order valence-corrected chi connectivity index (χ0v) is 8.73. The predicted octanol–water partition coefficient (Wildman–Crippen LogP) is 0.666. The summed E-state index contributed by atoms with van der Waals surface area (Å²) >= 11 is 1.18. The average molecular weight is 212 g/mol. The fourth-order valence-corrected chi connectivity index (χ4v) is 1.92. The van der Waals surface area contributed by atoms with Crippen molar-refractivity contribution in [2.24, 2.45) is 5.73 Å². The van der Waals surface area contributed by atoms with Gasteiger partial charge in [0.15, 0.2) is 0 Å². The van der Waals surface area contributed by atoms with E-state index >= 15 is 0 Å². The number of nitrogens with two attached hydrogens (primary N) is 1. The summed E-state index contributed by atoms with van der Waals surface area (Å²) in [5.41, 5.74) is 5.18. The SMILES string of the molecule is Cc1nsc(NC(=O)C2(N)CCC2)n1. The number of aromatic nitrogens is 2. The monoisotopic (exact) mass is 212 g/mol. The van der Waals surface area contributed by atoms with Crippen LogP contribution in [0.15, 0.2) is 0 Å². The van der Waals surface area contributed by atoms with Crippen LogP contribution in [0.3, 0.4) is 0 Å². The first-order valence-electron chi connectivity index (χ1n) is 4.51. The molecule has 0 aromatic carbocycles. The second-order valence-electron chi connectivity index (χ2n) is 3.61. The number of nitrogens with one attached hydrogen (secondary N) is 1. The lowest BCUT2D eigenvalue weighted by atomic mass is 9.77. The van der Waals surface area contributed by atoms with Gasteiger partial charge in [0.1, 0.15) is 5.82 Å². The van der Waals surface area contributed by atoms with E-state index in [1.54, 1.807) is 6.92 Å². The molecule has 1 aromatic rings. The van der Waals surface area contributed by atoms with Gasteiger partial charge in [-0.3, -0.25) is 10.1 Å². The lowest BCUT2D eigenvalue weighted by molar-refractivity contribution is -0.123. The minimum atomic E-state index is -0.667. The van der Waals surface area contributed by atoms with E-state index in [-0.39, 0.29) is 5.91 Å². The number of hydrogen-bond acceptors (Lipinski definition) is 5. The van der Waals surface area contributed by atoms with E-state index < -0.39 is 5.54 Å². The number of anilines is 1. The maximum absolute atomic E-state index is 11.6. The van der Waals surface area contributed by atoms with Crippen LogP contribution in [-0.4, -0.2) is 20.8 Å². The fraction of sp³-hybridized carbons (Fsp3) is 0.625. The summed E-state index contributed by atoms with van der Waals surface area (Å²) in [6, 6.07) is 0. The van der Waals surface area contributed by atoms with Gasteiger partial charge < -0.3 is 5.73 Å². The summed E-state index contributed by atoms with van der Waals surface area (Å²) in [7, 11) is 0. The van der Waals surface area contributed by atoms with Gasteiger partial charge in [0, 0.05) is 11.5 Å². The van der Waals surface area contributed by atoms with Gasteiger partial charge in [0.2, 0.25) is 11.0 Å². The van der Waals surface area contributed by atoms with Crippen molar-refractivity contribution >= 4 is 22.6 Å². The summed E-state index contributed by atoms with van der Waals surface area (Å²) in [5.74, 6) is 0.532. The van der Waals surface area contributed by atoms with Crippen LogP contribution in [0.5, 0.6) is 0 Å². The lowest BCUT2D eigenvalue weighted by Gasteiger charge is -2.35. The highest BCUT2D eigenvalue weighted by Gasteiger charge is 2.40. The van der Waals surface area contributed by atoms with E-state index in [2.05, 4.69) is 14.7 Å². The Labute approximate surface area is 85.9 Å². The largest absolute Gasteiger partial charge is 0.317 e. The molecule has 1 aliphatic carbocycles. The standard InChI is InChI=1S/C8H12N4OS/c1-5-10-7(14-12-5)11-6(13)8(9)3-2-4-8/h2-4,9H2,1H3,(H,10,11,12,13). The quantitative estimate of drug-likeness (QED) is 0.754. The molecule has 0 unspecified atom stereocenters. The van der Waals surface area contributed by atoms with Gasteiger partial charge >= 0.3 is 0 Å². The van der Waals surface area contributed by atoms with Gasteiger partial charge in [0.05, 0.1) is 5.54 Å². The normalized spacial score (nSPS) is 18.7. The molecule has 0 bridgehead atoms. The molecule has 1 fully saturated rings. The van der Waals surface area contributed by atoms with Gasteiger partial charge in [-0.1, -0.05) is 0 Å². The van der Waals surface area contributed by atoms with Crippen molar-refractivity contribution in [3.63, 3.8) is 0 Å². The maximum Gasteiger partial charge on any atom is 0.246 e. The highest BCUT2D eigenvalue weighted by atomic mass is 32.1. The predicted molar refractivity (Wildman–Crippen MR) is 54.0 cm³/mol. The molecule has 1 aliphatic rings. The molecule has 14 heavy (non-hydrogen) atoms. The number of nitrogens with zero attached hydrogens (tertiary/aromatic N) is 2. The molecule has 3 N–H and O–H groups in total. The molecule has 1 saturated carbocycles. The summed E-state index contributed by atoms with van der Waals surface area (Å²) < 4.78 is 3.97. The van der Waals surface area contributed by atoms with Gasteiger partial charge in [-0.05, 0) is 26.2 Å². The van der Waals surface area contributed by atoms with Crippen LogP contribution in [0.4, 0.5) is 5.13 Å². The molecule has 76 valence electrons. The molecule has 0 spiro atoms. The lowest BCUT2D eigenvalue weighted by Crippen LogP contribution is -2.56. The van der Waals surface area contributed by atoms with E-state index in [1.807, 2.05) is 0 Å².